The van der Waals surface area contributed by atoms with Crippen molar-refractivity contribution in [2.75, 3.05) is 24.2 Å². The van der Waals surface area contributed by atoms with Crippen LogP contribution in [0.2, 0.25) is 0 Å². The highest BCUT2D eigenvalue weighted by molar-refractivity contribution is 7.97. The van der Waals surface area contributed by atoms with Crippen LogP contribution in [0.25, 0.3) is 0 Å². The molecule has 1 heterocycles. The standard InChI is InChI=1S/C22H31N3S/c1-4-20(5-2)25(26-21-11-9-19(23)10-12-21)16-17-8-13-22-18(15-17)7-6-14-24(22)3/h8-13,15,20H,4-7,14,16,23H2,1-3H3. The van der Waals surface area contributed by atoms with Crippen molar-refractivity contribution in [1.82, 2.24) is 4.31 Å². The zero-order chi connectivity index (χ0) is 18.5. The third kappa shape index (κ3) is 4.54. The van der Waals surface area contributed by atoms with E-state index in [2.05, 4.69) is 60.4 Å². The Morgan fingerprint density at radius 2 is 1.85 bits per heavy atom. The normalized spacial score (nSPS) is 14.1. The summed E-state index contributed by atoms with van der Waals surface area (Å²) in [5.41, 5.74) is 11.0. The molecule has 0 saturated carbocycles. The van der Waals surface area contributed by atoms with Crippen molar-refractivity contribution in [3.63, 3.8) is 0 Å². The summed E-state index contributed by atoms with van der Waals surface area (Å²) in [6.45, 7) is 6.71. The molecule has 140 valence electrons. The largest absolute Gasteiger partial charge is 0.399 e. The Balaban J connectivity index is 1.80. The number of aryl methyl sites for hydroxylation is 1. The van der Waals surface area contributed by atoms with Crippen LogP contribution in [-0.4, -0.2) is 23.9 Å². The molecule has 0 bridgehead atoms. The third-order valence-electron chi connectivity index (χ3n) is 5.29. The van der Waals surface area contributed by atoms with Crippen molar-refractivity contribution in [2.24, 2.45) is 0 Å². The highest BCUT2D eigenvalue weighted by Gasteiger charge is 2.19. The number of benzene rings is 2. The first-order valence-electron chi connectivity index (χ1n) is 9.73. The summed E-state index contributed by atoms with van der Waals surface area (Å²) >= 11 is 1.85. The van der Waals surface area contributed by atoms with Crippen LogP contribution in [0, 0.1) is 0 Å². The molecular weight excluding hydrogens is 338 g/mol. The Labute approximate surface area is 162 Å². The van der Waals surface area contributed by atoms with Gasteiger partial charge in [0, 0.05) is 42.4 Å². The molecule has 2 aromatic rings. The number of anilines is 2. The average Bonchev–Trinajstić information content (AvgIpc) is 2.64. The number of hydrogen-bond acceptors (Lipinski definition) is 4. The molecule has 0 spiro atoms. The molecule has 0 saturated heterocycles. The average molecular weight is 370 g/mol. The Morgan fingerprint density at radius 3 is 2.54 bits per heavy atom. The first-order valence-corrected chi connectivity index (χ1v) is 10.5. The molecule has 0 unspecified atom stereocenters. The van der Waals surface area contributed by atoms with Crippen molar-refractivity contribution >= 4 is 23.3 Å². The highest BCUT2D eigenvalue weighted by Crippen LogP contribution is 2.32. The van der Waals surface area contributed by atoms with Crippen molar-refractivity contribution in [2.45, 2.75) is 57.0 Å². The van der Waals surface area contributed by atoms with E-state index >= 15 is 0 Å². The van der Waals surface area contributed by atoms with Gasteiger partial charge in [-0.25, -0.2) is 4.31 Å². The van der Waals surface area contributed by atoms with Gasteiger partial charge in [0.1, 0.15) is 0 Å². The maximum atomic E-state index is 5.84. The number of hydrogen-bond donors (Lipinski definition) is 1. The van der Waals surface area contributed by atoms with E-state index in [0.29, 0.717) is 6.04 Å². The van der Waals surface area contributed by atoms with Gasteiger partial charge in [0.25, 0.3) is 0 Å². The van der Waals surface area contributed by atoms with Crippen molar-refractivity contribution in [3.8, 4) is 0 Å². The summed E-state index contributed by atoms with van der Waals surface area (Å²) in [5.74, 6) is 0. The summed E-state index contributed by atoms with van der Waals surface area (Å²) in [6.07, 6.45) is 4.77. The van der Waals surface area contributed by atoms with E-state index in [-0.39, 0.29) is 0 Å². The molecule has 0 atom stereocenters. The number of fused-ring (bicyclic) bond motifs is 1. The van der Waals surface area contributed by atoms with Crippen molar-refractivity contribution in [1.29, 1.82) is 0 Å². The number of rotatable bonds is 7. The predicted octanol–water partition coefficient (Wildman–Crippen LogP) is 5.35. The first kappa shape index (κ1) is 19.1. The molecule has 1 aliphatic rings. The molecular formula is C22H31N3S. The number of nitrogens with zero attached hydrogens (tertiary/aromatic N) is 2. The van der Waals surface area contributed by atoms with Gasteiger partial charge < -0.3 is 10.6 Å². The fourth-order valence-electron chi connectivity index (χ4n) is 3.71. The van der Waals surface area contributed by atoms with E-state index in [1.54, 1.807) is 0 Å². The molecule has 3 nitrogen and oxygen atoms in total. The Bertz CT molecular complexity index is 710. The van der Waals surface area contributed by atoms with E-state index in [0.717, 1.165) is 25.1 Å². The predicted molar refractivity (Wildman–Crippen MR) is 115 cm³/mol. The second kappa shape index (κ2) is 8.83. The minimum atomic E-state index is 0.566. The van der Waals surface area contributed by atoms with E-state index < -0.39 is 0 Å². The van der Waals surface area contributed by atoms with E-state index in [9.17, 15) is 0 Å². The third-order valence-corrected chi connectivity index (χ3v) is 6.43. The molecule has 0 fully saturated rings. The number of nitrogens with two attached hydrogens (primary N) is 1. The van der Waals surface area contributed by atoms with Gasteiger partial charge >= 0.3 is 0 Å². The smallest absolute Gasteiger partial charge is 0.0396 e. The second-order valence-electron chi connectivity index (χ2n) is 7.19. The Morgan fingerprint density at radius 1 is 1.12 bits per heavy atom. The summed E-state index contributed by atoms with van der Waals surface area (Å²) in [5, 5.41) is 0. The lowest BCUT2D eigenvalue weighted by Gasteiger charge is -2.31. The van der Waals surface area contributed by atoms with E-state index in [4.69, 9.17) is 5.73 Å². The van der Waals surface area contributed by atoms with Gasteiger partial charge in [-0.05, 0) is 79.1 Å². The Hall–Kier alpha value is -1.65. The fourth-order valence-corrected chi connectivity index (χ4v) is 4.90. The van der Waals surface area contributed by atoms with E-state index in [1.807, 2.05) is 24.1 Å². The molecule has 3 rings (SSSR count). The topological polar surface area (TPSA) is 32.5 Å². The first-order chi connectivity index (χ1) is 12.6. The lowest BCUT2D eigenvalue weighted by atomic mass is 9.99. The summed E-state index contributed by atoms with van der Waals surface area (Å²) in [4.78, 5) is 3.63. The van der Waals surface area contributed by atoms with Crippen LogP contribution in [0.3, 0.4) is 0 Å². The molecule has 0 radical (unpaired) electrons. The molecule has 0 amide bonds. The van der Waals surface area contributed by atoms with Gasteiger partial charge in [-0.3, -0.25) is 0 Å². The SMILES string of the molecule is CCC(CC)N(Cc1ccc2c(c1)CCCN2C)Sc1ccc(N)cc1. The van der Waals surface area contributed by atoms with Crippen molar-refractivity contribution in [3.05, 3.63) is 53.6 Å². The maximum Gasteiger partial charge on any atom is 0.0396 e. The molecule has 0 aliphatic carbocycles. The van der Waals surface area contributed by atoms with Crippen LogP contribution in [-0.2, 0) is 13.0 Å². The molecule has 2 aromatic carbocycles. The molecule has 1 aliphatic heterocycles. The minimum absolute atomic E-state index is 0.566. The molecule has 2 N–H and O–H groups in total. The van der Waals surface area contributed by atoms with Crippen LogP contribution < -0.4 is 10.6 Å². The second-order valence-corrected chi connectivity index (χ2v) is 8.32. The molecule has 26 heavy (non-hydrogen) atoms. The van der Waals surface area contributed by atoms with Crippen LogP contribution in [0.1, 0.15) is 44.2 Å². The summed E-state index contributed by atoms with van der Waals surface area (Å²) in [7, 11) is 2.20. The quantitative estimate of drug-likeness (QED) is 0.527. The highest BCUT2D eigenvalue weighted by atomic mass is 32.2. The van der Waals surface area contributed by atoms with Gasteiger partial charge in [0.05, 0.1) is 0 Å². The van der Waals surface area contributed by atoms with Crippen molar-refractivity contribution < 1.29 is 0 Å². The van der Waals surface area contributed by atoms with Gasteiger partial charge in [0.2, 0.25) is 0 Å². The monoisotopic (exact) mass is 369 g/mol. The molecule has 0 aromatic heterocycles. The zero-order valence-corrected chi connectivity index (χ0v) is 17.1. The van der Waals surface area contributed by atoms with Crippen LogP contribution in [0.5, 0.6) is 0 Å². The van der Waals surface area contributed by atoms with E-state index in [1.165, 1.54) is 41.1 Å². The van der Waals surface area contributed by atoms with Crippen LogP contribution in [0.4, 0.5) is 11.4 Å². The van der Waals surface area contributed by atoms with Crippen LogP contribution >= 0.6 is 11.9 Å². The van der Waals surface area contributed by atoms with Gasteiger partial charge in [-0.2, -0.15) is 0 Å². The van der Waals surface area contributed by atoms with Gasteiger partial charge in [-0.1, -0.05) is 26.0 Å². The lowest BCUT2D eigenvalue weighted by Crippen LogP contribution is -2.28. The van der Waals surface area contributed by atoms with Crippen LogP contribution in [0.15, 0.2) is 47.4 Å². The number of nitrogen functional groups attached to an aromatic ring is 1. The summed E-state index contributed by atoms with van der Waals surface area (Å²) in [6, 6.07) is 15.8. The summed E-state index contributed by atoms with van der Waals surface area (Å²) < 4.78 is 2.54. The zero-order valence-electron chi connectivity index (χ0n) is 16.2. The maximum absolute atomic E-state index is 5.84. The van der Waals surface area contributed by atoms with Gasteiger partial charge in [0.15, 0.2) is 0 Å². The fraction of sp³-hybridized carbons (Fsp3) is 0.455. The Kier molecular flexibility index (Phi) is 6.49. The minimum Gasteiger partial charge on any atom is -0.399 e. The lowest BCUT2D eigenvalue weighted by molar-refractivity contribution is 0.327. The van der Waals surface area contributed by atoms with Gasteiger partial charge in [-0.15, -0.1) is 0 Å². The molecule has 4 heteroatoms.